The number of hydrogen-bond acceptors (Lipinski definition) is 6. The molecule has 0 spiro atoms. The number of nitrogens with zero attached hydrogens (tertiary/aromatic N) is 3. The molecule has 9 heteroatoms. The van der Waals surface area contributed by atoms with Crippen LogP contribution in [-0.4, -0.2) is 39.4 Å². The third-order valence-corrected chi connectivity index (χ3v) is 6.92. The Balaban J connectivity index is 1.89. The number of aromatic nitrogens is 1. The lowest BCUT2D eigenvalue weighted by molar-refractivity contribution is -0.115. The number of aliphatic hydroxyl groups excluding tert-OH is 1. The second kappa shape index (κ2) is 11.4. The monoisotopic (exact) mass is 535 g/mol. The smallest absolute Gasteiger partial charge is 0.257 e. The molecule has 1 aliphatic rings. The Morgan fingerprint density at radius 2 is 2.00 bits per heavy atom. The van der Waals surface area contributed by atoms with Crippen molar-refractivity contribution in [2.75, 3.05) is 6.61 Å². The summed E-state index contributed by atoms with van der Waals surface area (Å²) in [5.41, 5.74) is -0.315. The number of carbonyl (C=O) groups excluding carboxylic acids is 2. The van der Waals surface area contributed by atoms with Crippen LogP contribution in [0.4, 0.5) is 4.39 Å². The summed E-state index contributed by atoms with van der Waals surface area (Å²) in [6, 6.07) is 14.3. The van der Waals surface area contributed by atoms with Gasteiger partial charge in [-0.3, -0.25) is 19.5 Å². The Bertz CT molecular complexity index is 1390. The Hall–Kier alpha value is -3.64. The van der Waals surface area contributed by atoms with Crippen molar-refractivity contribution < 1.29 is 23.8 Å². The van der Waals surface area contributed by atoms with Crippen LogP contribution in [0.15, 0.2) is 54.7 Å². The third-order valence-electron chi connectivity index (χ3n) is 6.66. The first-order chi connectivity index (χ1) is 18.2. The molecule has 7 nitrogen and oxygen atoms in total. The second-order valence-corrected chi connectivity index (χ2v) is 9.62. The zero-order chi connectivity index (χ0) is 27.4. The maximum Gasteiger partial charge on any atom is 0.257 e. The van der Waals surface area contributed by atoms with Crippen LogP contribution in [0.1, 0.15) is 76.2 Å². The lowest BCUT2D eigenvalue weighted by Crippen LogP contribution is -2.47. The number of nitriles is 1. The van der Waals surface area contributed by atoms with E-state index >= 15 is 4.39 Å². The molecular formula is C29H27ClFN3O4. The molecule has 0 bridgehead atoms. The summed E-state index contributed by atoms with van der Waals surface area (Å²) in [6.07, 6.45) is 2.41. The van der Waals surface area contributed by atoms with Crippen molar-refractivity contribution in [3.63, 3.8) is 0 Å². The van der Waals surface area contributed by atoms with E-state index < -0.39 is 23.6 Å². The lowest BCUT2D eigenvalue weighted by Gasteiger charge is -2.39. The predicted molar refractivity (Wildman–Crippen MR) is 139 cm³/mol. The molecule has 4 rings (SSSR count). The van der Waals surface area contributed by atoms with Crippen LogP contribution in [0.2, 0.25) is 5.02 Å². The first-order valence-corrected chi connectivity index (χ1v) is 12.7. The van der Waals surface area contributed by atoms with E-state index in [-0.39, 0.29) is 35.6 Å². The summed E-state index contributed by atoms with van der Waals surface area (Å²) in [4.78, 5) is 31.7. The number of carbonyl (C=O) groups is 2. The van der Waals surface area contributed by atoms with E-state index in [0.29, 0.717) is 41.1 Å². The van der Waals surface area contributed by atoms with Gasteiger partial charge in [-0.1, -0.05) is 30.7 Å². The Kier molecular flexibility index (Phi) is 8.22. The first kappa shape index (κ1) is 27.4. The molecule has 3 aromatic rings. The SMILES string of the molecule is CCC(O)CCCOC1(c2ccc(Cl)cc2)c2c(F)cc(C(C)=O)cc2C(=O)N1Cc1ccc(C#N)cn1. The number of Topliss-reactive ketones (excluding diaryl/α,β-unsaturated/α-hetero) is 1. The Morgan fingerprint density at radius 1 is 1.26 bits per heavy atom. The van der Waals surface area contributed by atoms with Gasteiger partial charge in [-0.2, -0.15) is 5.26 Å². The van der Waals surface area contributed by atoms with Crippen LogP contribution in [0.3, 0.4) is 0 Å². The molecule has 38 heavy (non-hydrogen) atoms. The van der Waals surface area contributed by atoms with E-state index in [4.69, 9.17) is 21.6 Å². The van der Waals surface area contributed by atoms with Crippen molar-refractivity contribution in [1.29, 1.82) is 5.26 Å². The summed E-state index contributed by atoms with van der Waals surface area (Å²) in [5, 5.41) is 19.6. The number of fused-ring (bicyclic) bond motifs is 1. The van der Waals surface area contributed by atoms with Gasteiger partial charge in [0, 0.05) is 22.3 Å². The van der Waals surface area contributed by atoms with Gasteiger partial charge < -0.3 is 9.84 Å². The molecule has 1 amide bonds. The number of benzene rings is 2. The van der Waals surface area contributed by atoms with Crippen LogP contribution in [-0.2, 0) is 17.0 Å². The zero-order valence-corrected chi connectivity index (χ0v) is 21.8. The summed E-state index contributed by atoms with van der Waals surface area (Å²) in [5.74, 6) is -1.66. The number of rotatable bonds is 10. The molecule has 196 valence electrons. The molecule has 0 radical (unpaired) electrons. The number of pyridine rings is 1. The molecule has 0 saturated heterocycles. The highest BCUT2D eigenvalue weighted by atomic mass is 35.5. The van der Waals surface area contributed by atoms with Crippen LogP contribution in [0.5, 0.6) is 0 Å². The van der Waals surface area contributed by atoms with Gasteiger partial charge in [0.25, 0.3) is 5.91 Å². The number of ketones is 1. The highest BCUT2D eigenvalue weighted by molar-refractivity contribution is 6.30. The maximum atomic E-state index is 15.9. The highest BCUT2D eigenvalue weighted by Gasteiger charge is 2.54. The van der Waals surface area contributed by atoms with Gasteiger partial charge in [-0.15, -0.1) is 0 Å². The first-order valence-electron chi connectivity index (χ1n) is 12.3. The van der Waals surface area contributed by atoms with Crippen molar-refractivity contribution in [3.8, 4) is 6.07 Å². The van der Waals surface area contributed by atoms with Gasteiger partial charge in [-0.05, 0) is 62.6 Å². The normalized spacial score (nSPS) is 17.3. The van der Waals surface area contributed by atoms with Gasteiger partial charge in [0.1, 0.15) is 11.9 Å². The van der Waals surface area contributed by atoms with Crippen molar-refractivity contribution in [2.45, 2.75) is 51.5 Å². The number of amides is 1. The van der Waals surface area contributed by atoms with Crippen molar-refractivity contribution >= 4 is 23.3 Å². The predicted octanol–water partition coefficient (Wildman–Crippen LogP) is 5.37. The molecule has 1 aliphatic heterocycles. The van der Waals surface area contributed by atoms with E-state index in [1.807, 2.05) is 13.0 Å². The van der Waals surface area contributed by atoms with Crippen LogP contribution >= 0.6 is 11.6 Å². The molecular weight excluding hydrogens is 509 g/mol. The van der Waals surface area contributed by atoms with E-state index in [9.17, 15) is 14.7 Å². The average molecular weight is 536 g/mol. The third kappa shape index (κ3) is 5.18. The fourth-order valence-electron chi connectivity index (χ4n) is 4.63. The minimum atomic E-state index is -1.69. The summed E-state index contributed by atoms with van der Waals surface area (Å²) >= 11 is 6.15. The van der Waals surface area contributed by atoms with Crippen LogP contribution in [0.25, 0.3) is 0 Å². The van der Waals surface area contributed by atoms with Gasteiger partial charge in [0.15, 0.2) is 11.5 Å². The van der Waals surface area contributed by atoms with Crippen LogP contribution < -0.4 is 0 Å². The summed E-state index contributed by atoms with van der Waals surface area (Å²) in [6.45, 7) is 3.23. The molecule has 0 aliphatic carbocycles. The summed E-state index contributed by atoms with van der Waals surface area (Å²) < 4.78 is 22.4. The summed E-state index contributed by atoms with van der Waals surface area (Å²) in [7, 11) is 0. The molecule has 2 atom stereocenters. The Morgan fingerprint density at radius 3 is 2.61 bits per heavy atom. The molecule has 0 fully saturated rings. The zero-order valence-electron chi connectivity index (χ0n) is 21.1. The minimum Gasteiger partial charge on any atom is -0.393 e. The van der Waals surface area contributed by atoms with E-state index in [1.54, 1.807) is 36.4 Å². The fraction of sp³-hybridized carbons (Fsp3) is 0.310. The Labute approximate surface area is 225 Å². The second-order valence-electron chi connectivity index (χ2n) is 9.18. The average Bonchev–Trinajstić information content (AvgIpc) is 3.15. The molecule has 2 aromatic carbocycles. The van der Waals surface area contributed by atoms with Gasteiger partial charge >= 0.3 is 0 Å². The molecule has 1 aromatic heterocycles. The van der Waals surface area contributed by atoms with E-state index in [2.05, 4.69) is 4.98 Å². The quantitative estimate of drug-likeness (QED) is 0.276. The number of hydrogen-bond donors (Lipinski definition) is 1. The van der Waals surface area contributed by atoms with Crippen molar-refractivity contribution in [2.24, 2.45) is 0 Å². The molecule has 2 heterocycles. The molecule has 1 N–H and O–H groups in total. The van der Waals surface area contributed by atoms with Gasteiger partial charge in [0.2, 0.25) is 0 Å². The number of ether oxygens (including phenoxy) is 1. The van der Waals surface area contributed by atoms with E-state index in [0.717, 1.165) is 6.07 Å². The maximum absolute atomic E-state index is 15.9. The van der Waals surface area contributed by atoms with Gasteiger partial charge in [-0.25, -0.2) is 4.39 Å². The van der Waals surface area contributed by atoms with Gasteiger partial charge in [0.05, 0.1) is 41.6 Å². The molecule has 0 saturated carbocycles. The van der Waals surface area contributed by atoms with Crippen molar-refractivity contribution in [1.82, 2.24) is 9.88 Å². The number of halogens is 2. The van der Waals surface area contributed by atoms with Crippen LogP contribution in [0, 0.1) is 17.1 Å². The lowest BCUT2D eigenvalue weighted by atomic mass is 9.91. The van der Waals surface area contributed by atoms with Crippen molar-refractivity contribution in [3.05, 3.63) is 99.1 Å². The minimum absolute atomic E-state index is 0.000456. The molecule has 2 unspecified atom stereocenters. The standard InChI is InChI=1S/C29H27ClFN3O4/c1-3-24(36)5-4-12-38-29(21-7-9-22(30)10-8-21)27-25(13-20(18(2)35)14-26(27)31)28(37)34(29)17-23-11-6-19(15-32)16-33-23/h6-11,13-14,16,24,36H,3-5,12,17H2,1-2H3. The number of aliphatic hydroxyl groups is 1. The largest absolute Gasteiger partial charge is 0.393 e. The van der Waals surface area contributed by atoms with E-state index in [1.165, 1.54) is 24.1 Å². The topological polar surface area (TPSA) is 104 Å². The fourth-order valence-corrected chi connectivity index (χ4v) is 4.75. The highest BCUT2D eigenvalue weighted by Crippen LogP contribution is 2.48.